The molecule has 0 bridgehead atoms. The number of alkyl halides is 3. The van der Waals surface area contributed by atoms with Crippen molar-refractivity contribution in [2.24, 2.45) is 10.8 Å². The molecule has 0 aliphatic carbocycles. The number of benzene rings is 3. The standard InChI is InChI=1S/C29H27F3N6O3/c1-18(2)24-6-4-5-7-26(24)38(28(33)40)34-16-20-8-12-22(13-9-20)37-17-25(19(3)36-37)35-27(39)21-10-14-23(15-11-21)41-29(30,31)32/h4-18H,1-3H3,(H2,33,40)(H,35,39)/b34-16+. The number of carbonyl (C=O) groups is 2. The molecule has 0 fully saturated rings. The first-order valence-corrected chi connectivity index (χ1v) is 12.5. The third-order valence-electron chi connectivity index (χ3n) is 5.97. The van der Waals surface area contributed by atoms with Crippen molar-refractivity contribution in [3.05, 3.63) is 101 Å². The third-order valence-corrected chi connectivity index (χ3v) is 5.97. The van der Waals surface area contributed by atoms with Crippen LogP contribution in [0.25, 0.3) is 5.69 Å². The Balaban J connectivity index is 1.46. The Bertz CT molecular complexity index is 1560. The van der Waals surface area contributed by atoms with Crippen molar-refractivity contribution in [1.82, 2.24) is 9.78 Å². The fourth-order valence-corrected chi connectivity index (χ4v) is 3.96. The van der Waals surface area contributed by atoms with Crippen LogP contribution < -0.4 is 20.8 Å². The molecule has 9 nitrogen and oxygen atoms in total. The predicted octanol–water partition coefficient (Wildman–Crippen LogP) is 6.37. The minimum absolute atomic E-state index is 0.149. The monoisotopic (exact) mass is 564 g/mol. The van der Waals surface area contributed by atoms with E-state index in [1.54, 1.807) is 48.1 Å². The Kier molecular flexibility index (Phi) is 8.41. The van der Waals surface area contributed by atoms with Crippen LogP contribution >= 0.6 is 0 Å². The Labute approximate surface area is 234 Å². The zero-order valence-corrected chi connectivity index (χ0v) is 22.4. The number of primary amides is 1. The fourth-order valence-electron chi connectivity index (χ4n) is 3.96. The molecule has 212 valence electrons. The summed E-state index contributed by atoms with van der Waals surface area (Å²) >= 11 is 0. The maximum Gasteiger partial charge on any atom is 0.573 e. The van der Waals surface area contributed by atoms with Crippen LogP contribution in [0.4, 0.5) is 29.3 Å². The quantitative estimate of drug-likeness (QED) is 0.191. The number of nitrogens with zero attached hydrogens (tertiary/aromatic N) is 4. The minimum Gasteiger partial charge on any atom is -0.406 e. The molecule has 41 heavy (non-hydrogen) atoms. The number of urea groups is 1. The first kappa shape index (κ1) is 28.9. The topological polar surface area (TPSA) is 115 Å². The average molecular weight is 565 g/mol. The lowest BCUT2D eigenvalue weighted by molar-refractivity contribution is -0.274. The molecule has 0 radical (unpaired) electrons. The van der Waals surface area contributed by atoms with E-state index in [0.29, 0.717) is 28.3 Å². The molecule has 0 unspecified atom stereocenters. The van der Waals surface area contributed by atoms with E-state index in [-0.39, 0.29) is 11.5 Å². The van der Waals surface area contributed by atoms with Gasteiger partial charge in [0.1, 0.15) is 5.75 Å². The first-order valence-electron chi connectivity index (χ1n) is 12.5. The number of nitrogens with one attached hydrogen (secondary N) is 1. The first-order chi connectivity index (χ1) is 19.4. The van der Waals surface area contributed by atoms with Gasteiger partial charge in [-0.3, -0.25) is 4.79 Å². The molecule has 4 rings (SSSR count). The van der Waals surface area contributed by atoms with Gasteiger partial charge < -0.3 is 15.8 Å². The molecule has 0 aliphatic heterocycles. The van der Waals surface area contributed by atoms with Gasteiger partial charge in [0.25, 0.3) is 5.91 Å². The van der Waals surface area contributed by atoms with E-state index in [2.05, 4.69) is 20.3 Å². The third kappa shape index (κ3) is 7.29. The maximum absolute atomic E-state index is 12.6. The van der Waals surface area contributed by atoms with Crippen molar-refractivity contribution < 1.29 is 27.5 Å². The predicted molar refractivity (Wildman–Crippen MR) is 150 cm³/mol. The molecule has 3 N–H and O–H groups in total. The highest BCUT2D eigenvalue weighted by atomic mass is 19.4. The second-order valence-corrected chi connectivity index (χ2v) is 9.30. The van der Waals surface area contributed by atoms with Gasteiger partial charge in [-0.2, -0.15) is 15.2 Å². The second-order valence-electron chi connectivity index (χ2n) is 9.30. The molecular weight excluding hydrogens is 537 g/mol. The summed E-state index contributed by atoms with van der Waals surface area (Å²) in [6.07, 6.45) is -1.67. The number of aromatic nitrogens is 2. The lowest BCUT2D eigenvalue weighted by Gasteiger charge is -2.20. The summed E-state index contributed by atoms with van der Waals surface area (Å²) in [6.45, 7) is 5.74. The zero-order valence-electron chi connectivity index (χ0n) is 22.4. The average Bonchev–Trinajstić information content (AvgIpc) is 3.28. The number of amides is 3. The highest BCUT2D eigenvalue weighted by Crippen LogP contribution is 2.28. The van der Waals surface area contributed by atoms with E-state index in [4.69, 9.17) is 5.73 Å². The normalized spacial score (nSPS) is 11.6. The van der Waals surface area contributed by atoms with Crippen LogP contribution in [0.5, 0.6) is 5.75 Å². The summed E-state index contributed by atoms with van der Waals surface area (Å²) in [7, 11) is 0. The number of anilines is 2. The minimum atomic E-state index is -4.82. The molecule has 0 saturated heterocycles. The number of rotatable bonds is 8. The number of halogens is 3. The van der Waals surface area contributed by atoms with Gasteiger partial charge in [-0.25, -0.2) is 9.48 Å². The van der Waals surface area contributed by atoms with Crippen molar-refractivity contribution in [3.8, 4) is 11.4 Å². The maximum atomic E-state index is 12.6. The van der Waals surface area contributed by atoms with Gasteiger partial charge in [-0.15, -0.1) is 13.2 Å². The Morgan fingerprint density at radius 2 is 1.71 bits per heavy atom. The van der Waals surface area contributed by atoms with E-state index < -0.39 is 24.1 Å². The number of hydrogen-bond donors (Lipinski definition) is 2. The number of hydrogen-bond acceptors (Lipinski definition) is 5. The van der Waals surface area contributed by atoms with Crippen LogP contribution in [0.3, 0.4) is 0 Å². The van der Waals surface area contributed by atoms with E-state index in [1.165, 1.54) is 18.3 Å². The molecule has 1 heterocycles. The molecule has 3 amide bonds. The Morgan fingerprint density at radius 3 is 2.32 bits per heavy atom. The number of para-hydroxylation sites is 1. The van der Waals surface area contributed by atoms with Crippen molar-refractivity contribution >= 4 is 29.5 Å². The SMILES string of the molecule is Cc1nn(-c2ccc(/C=N/N(C(N)=O)c3ccccc3C(C)C)cc2)cc1NC(=O)c1ccc(OC(F)(F)F)cc1. The van der Waals surface area contributed by atoms with Crippen LogP contribution in [0.1, 0.15) is 46.9 Å². The Morgan fingerprint density at radius 1 is 1.05 bits per heavy atom. The fraction of sp³-hybridized carbons (Fsp3) is 0.172. The molecule has 4 aromatic rings. The van der Waals surface area contributed by atoms with Gasteiger partial charge >= 0.3 is 12.4 Å². The number of aryl methyl sites for hydroxylation is 1. The summed E-state index contributed by atoms with van der Waals surface area (Å²) in [5.41, 5.74) is 9.65. The van der Waals surface area contributed by atoms with E-state index in [9.17, 15) is 22.8 Å². The number of carbonyl (C=O) groups excluding carboxylic acids is 2. The molecule has 0 saturated carbocycles. The van der Waals surface area contributed by atoms with Crippen LogP contribution in [0.15, 0.2) is 84.1 Å². The van der Waals surface area contributed by atoms with Gasteiger partial charge in [0.05, 0.1) is 35.2 Å². The summed E-state index contributed by atoms with van der Waals surface area (Å²) in [6, 6.07) is 18.4. The zero-order chi connectivity index (χ0) is 29.7. The van der Waals surface area contributed by atoms with E-state index in [0.717, 1.165) is 22.7 Å². The van der Waals surface area contributed by atoms with Gasteiger partial charge in [0, 0.05) is 5.56 Å². The summed E-state index contributed by atoms with van der Waals surface area (Å²) in [5, 5.41) is 12.6. The van der Waals surface area contributed by atoms with Gasteiger partial charge in [0.15, 0.2) is 0 Å². The molecule has 0 aliphatic rings. The molecule has 1 aromatic heterocycles. The van der Waals surface area contributed by atoms with E-state index in [1.807, 2.05) is 32.0 Å². The lowest BCUT2D eigenvalue weighted by atomic mass is 10.0. The molecule has 0 spiro atoms. The van der Waals surface area contributed by atoms with Gasteiger partial charge in [0.2, 0.25) is 0 Å². The van der Waals surface area contributed by atoms with E-state index >= 15 is 0 Å². The number of ether oxygens (including phenoxy) is 1. The molecular formula is C29H27F3N6O3. The number of hydrazone groups is 1. The molecule has 12 heteroatoms. The highest BCUT2D eigenvalue weighted by molar-refractivity contribution is 6.04. The van der Waals surface area contributed by atoms with Crippen molar-refractivity contribution in [2.45, 2.75) is 33.1 Å². The van der Waals surface area contributed by atoms with Crippen LogP contribution in [-0.2, 0) is 0 Å². The lowest BCUT2D eigenvalue weighted by Crippen LogP contribution is -2.32. The number of nitrogens with two attached hydrogens (primary N) is 1. The van der Waals surface area contributed by atoms with Crippen LogP contribution in [0, 0.1) is 6.92 Å². The van der Waals surface area contributed by atoms with Crippen LogP contribution in [-0.4, -0.2) is 34.3 Å². The van der Waals surface area contributed by atoms with Crippen molar-refractivity contribution in [1.29, 1.82) is 0 Å². The molecule has 0 atom stereocenters. The van der Waals surface area contributed by atoms with Crippen molar-refractivity contribution in [2.75, 3.05) is 10.3 Å². The summed E-state index contributed by atoms with van der Waals surface area (Å²) in [4.78, 5) is 24.8. The van der Waals surface area contributed by atoms with Gasteiger partial charge in [-0.1, -0.05) is 44.2 Å². The molecule has 3 aromatic carbocycles. The summed E-state index contributed by atoms with van der Waals surface area (Å²) < 4.78 is 42.5. The largest absolute Gasteiger partial charge is 0.573 e. The van der Waals surface area contributed by atoms with Crippen LogP contribution in [0.2, 0.25) is 0 Å². The van der Waals surface area contributed by atoms with Gasteiger partial charge in [-0.05, 0) is 66.4 Å². The van der Waals surface area contributed by atoms with Crippen molar-refractivity contribution in [3.63, 3.8) is 0 Å². The smallest absolute Gasteiger partial charge is 0.406 e. The Hall–Kier alpha value is -5.13. The summed E-state index contributed by atoms with van der Waals surface area (Å²) in [5.74, 6) is -0.779. The highest BCUT2D eigenvalue weighted by Gasteiger charge is 2.31. The second kappa shape index (κ2) is 11.9.